The van der Waals surface area contributed by atoms with Crippen molar-refractivity contribution in [3.63, 3.8) is 0 Å². The summed E-state index contributed by atoms with van der Waals surface area (Å²) in [7, 11) is 0. The van der Waals surface area contributed by atoms with Crippen molar-refractivity contribution in [2.75, 3.05) is 18.5 Å². The zero-order chi connectivity index (χ0) is 13.8. The summed E-state index contributed by atoms with van der Waals surface area (Å²) in [5.41, 5.74) is 6.53. The second-order valence-electron chi connectivity index (χ2n) is 3.21. The first-order valence-corrected chi connectivity index (χ1v) is 5.64. The first-order valence-electron chi connectivity index (χ1n) is 5.64. The normalized spacial score (nSPS) is 8.63. The number of anilines is 1. The van der Waals surface area contributed by atoms with E-state index >= 15 is 0 Å². The van der Waals surface area contributed by atoms with Gasteiger partial charge in [0.25, 0.3) is 0 Å². The van der Waals surface area contributed by atoms with Gasteiger partial charge in [0.2, 0.25) is 0 Å². The van der Waals surface area contributed by atoms with E-state index in [4.69, 9.17) is 9.84 Å². The molecule has 0 saturated heterocycles. The standard InChI is InChI=1S/C11H14NO2.C2H6NO.W/c1-3-9-5-7-10(8-6-9)12-11(13)14-4-2;3-1-2-4;/h5-8H,1,3-4H2,2H3,(H,12,13);1,4H,2-3H2;/q2*-1;+2. The third-order valence-corrected chi connectivity index (χ3v) is 1.87. The summed E-state index contributed by atoms with van der Waals surface area (Å²) < 4.78 is 4.74. The van der Waals surface area contributed by atoms with Crippen LogP contribution in [0.5, 0.6) is 0 Å². The van der Waals surface area contributed by atoms with Crippen LogP contribution in [0, 0.1) is 13.5 Å². The first-order chi connectivity index (χ1) is 8.67. The van der Waals surface area contributed by atoms with Crippen molar-refractivity contribution in [2.45, 2.75) is 13.3 Å². The fraction of sp³-hybridized carbons (Fsp3) is 0.308. The molecule has 0 aliphatic heterocycles. The molecule has 0 saturated carbocycles. The summed E-state index contributed by atoms with van der Waals surface area (Å²) >= 11 is 0. The van der Waals surface area contributed by atoms with Gasteiger partial charge < -0.3 is 22.5 Å². The molecule has 0 aliphatic carbocycles. The maximum absolute atomic E-state index is 11.0. The number of amides is 1. The molecule has 106 valence electrons. The molecule has 4 N–H and O–H groups in total. The van der Waals surface area contributed by atoms with Gasteiger partial charge in [-0.3, -0.25) is 5.32 Å². The Morgan fingerprint density at radius 2 is 2.00 bits per heavy atom. The predicted octanol–water partition coefficient (Wildman–Crippen LogP) is 1.73. The zero-order valence-electron chi connectivity index (χ0n) is 11.0. The van der Waals surface area contributed by atoms with Gasteiger partial charge in [-0.05, 0) is 19.1 Å². The molecule has 0 aliphatic rings. The number of carbonyl (C=O) groups is 1. The van der Waals surface area contributed by atoms with Crippen LogP contribution in [0.1, 0.15) is 12.5 Å². The van der Waals surface area contributed by atoms with Crippen molar-refractivity contribution >= 4 is 11.8 Å². The van der Waals surface area contributed by atoms with Crippen molar-refractivity contribution in [3.8, 4) is 0 Å². The first kappa shape index (κ1) is 20.4. The monoisotopic (exact) mass is 436 g/mol. The molecular formula is C13H20N2O3W. The number of rotatable bonds is 4. The second-order valence-corrected chi connectivity index (χ2v) is 3.21. The zero-order valence-corrected chi connectivity index (χ0v) is 13.9. The van der Waals surface area contributed by atoms with Crippen LogP contribution in [-0.4, -0.2) is 24.4 Å². The molecule has 1 rings (SSSR count). The van der Waals surface area contributed by atoms with Gasteiger partial charge in [-0.1, -0.05) is 24.3 Å². The van der Waals surface area contributed by atoms with Crippen molar-refractivity contribution in [3.05, 3.63) is 43.3 Å². The number of hydrogen-bond acceptors (Lipinski definition) is 4. The number of aliphatic hydroxyl groups excluding tert-OH is 1. The fourth-order valence-electron chi connectivity index (χ4n) is 1.04. The number of benzene rings is 1. The summed E-state index contributed by atoms with van der Waals surface area (Å²) in [6, 6.07) is 7.51. The van der Waals surface area contributed by atoms with E-state index in [-0.39, 0.29) is 27.7 Å². The molecule has 0 aromatic heterocycles. The van der Waals surface area contributed by atoms with Crippen LogP contribution >= 0.6 is 0 Å². The third kappa shape index (κ3) is 10.7. The second kappa shape index (κ2) is 13.5. The molecule has 0 unspecified atom stereocenters. The number of nitrogens with one attached hydrogen (secondary N) is 1. The van der Waals surface area contributed by atoms with E-state index in [1.807, 2.05) is 24.3 Å². The molecule has 6 heteroatoms. The van der Waals surface area contributed by atoms with E-state index in [2.05, 4.69) is 18.0 Å². The average molecular weight is 436 g/mol. The van der Waals surface area contributed by atoms with Gasteiger partial charge in [0, 0.05) is 5.69 Å². The smallest absolute Gasteiger partial charge is 0.481 e. The SMILES string of the molecule is N[CH-]CO.[CH2-]Cc1ccc(NC(=O)OCC)cc1.[W+2]. The predicted molar refractivity (Wildman–Crippen MR) is 71.7 cm³/mol. The Morgan fingerprint density at radius 1 is 1.47 bits per heavy atom. The summed E-state index contributed by atoms with van der Waals surface area (Å²) in [6.07, 6.45) is 0.328. The Kier molecular flexibility index (Phi) is 14.5. The van der Waals surface area contributed by atoms with Gasteiger partial charge in [-0.15, -0.1) is 0 Å². The van der Waals surface area contributed by atoms with Gasteiger partial charge in [-0.2, -0.15) is 6.42 Å². The molecule has 0 atom stereocenters. The minimum atomic E-state index is -0.421. The van der Waals surface area contributed by atoms with Crippen LogP contribution in [0.4, 0.5) is 10.5 Å². The molecule has 0 radical (unpaired) electrons. The van der Waals surface area contributed by atoms with Crippen LogP contribution in [0.3, 0.4) is 0 Å². The molecule has 5 nitrogen and oxygen atoms in total. The summed E-state index contributed by atoms with van der Waals surface area (Å²) in [5.74, 6) is 0. The van der Waals surface area contributed by atoms with Crippen LogP contribution in [0.25, 0.3) is 0 Å². The van der Waals surface area contributed by atoms with E-state index < -0.39 is 6.09 Å². The topological polar surface area (TPSA) is 84.6 Å². The molecule has 1 aromatic carbocycles. The van der Waals surface area contributed by atoms with E-state index in [9.17, 15) is 4.79 Å². The van der Waals surface area contributed by atoms with Crippen LogP contribution in [0.15, 0.2) is 24.3 Å². The minimum absolute atomic E-state index is 0. The summed E-state index contributed by atoms with van der Waals surface area (Å²) in [4.78, 5) is 11.0. The Balaban J connectivity index is 0. The maximum atomic E-state index is 11.0. The molecule has 19 heavy (non-hydrogen) atoms. The summed E-state index contributed by atoms with van der Waals surface area (Å²) in [6.45, 7) is 7.06. The Bertz CT molecular complexity index is 329. The molecule has 1 aromatic rings. The number of nitrogens with two attached hydrogens (primary N) is 1. The minimum Gasteiger partial charge on any atom is -0.481 e. The number of carbonyl (C=O) groups excluding carboxylic acids is 1. The van der Waals surface area contributed by atoms with Crippen molar-refractivity contribution in [1.29, 1.82) is 0 Å². The van der Waals surface area contributed by atoms with Crippen LogP contribution in [0.2, 0.25) is 0 Å². The van der Waals surface area contributed by atoms with Gasteiger partial charge >= 0.3 is 27.2 Å². The van der Waals surface area contributed by atoms with Crippen molar-refractivity contribution < 1.29 is 35.7 Å². The molecule has 0 heterocycles. The van der Waals surface area contributed by atoms with Gasteiger partial charge in [0.05, 0.1) is 6.61 Å². The number of ether oxygens (including phenoxy) is 1. The average Bonchev–Trinajstić information content (AvgIpc) is 2.40. The Hall–Kier alpha value is -0.902. The van der Waals surface area contributed by atoms with Gasteiger partial charge in [0.15, 0.2) is 0 Å². The Labute approximate surface area is 128 Å². The van der Waals surface area contributed by atoms with E-state index in [0.29, 0.717) is 6.61 Å². The Morgan fingerprint density at radius 3 is 2.37 bits per heavy atom. The van der Waals surface area contributed by atoms with Gasteiger partial charge in [0.1, 0.15) is 0 Å². The molecule has 0 spiro atoms. The molecule has 1 amide bonds. The van der Waals surface area contributed by atoms with E-state index in [1.54, 1.807) is 6.92 Å². The van der Waals surface area contributed by atoms with Crippen molar-refractivity contribution in [2.24, 2.45) is 5.73 Å². The van der Waals surface area contributed by atoms with E-state index in [0.717, 1.165) is 17.7 Å². The number of aliphatic hydroxyl groups is 1. The third-order valence-electron chi connectivity index (χ3n) is 1.87. The number of hydrogen-bond donors (Lipinski definition) is 3. The van der Waals surface area contributed by atoms with Crippen LogP contribution < -0.4 is 11.1 Å². The summed E-state index contributed by atoms with van der Waals surface area (Å²) in [5, 5.41) is 10.3. The molecular weight excluding hydrogens is 416 g/mol. The molecule has 0 fully saturated rings. The molecule has 0 bridgehead atoms. The largest absolute Gasteiger partial charge is 2.00 e. The fourth-order valence-corrected chi connectivity index (χ4v) is 1.04. The van der Waals surface area contributed by atoms with Crippen molar-refractivity contribution in [1.82, 2.24) is 0 Å². The van der Waals surface area contributed by atoms with Crippen LogP contribution in [-0.2, 0) is 32.2 Å². The maximum Gasteiger partial charge on any atom is 2.00 e. The van der Waals surface area contributed by atoms with Gasteiger partial charge in [-0.25, -0.2) is 11.3 Å². The van der Waals surface area contributed by atoms with E-state index in [1.165, 1.54) is 6.54 Å². The quantitative estimate of drug-likeness (QED) is 0.628.